The van der Waals surface area contributed by atoms with E-state index in [9.17, 15) is 0 Å². The van der Waals surface area contributed by atoms with Crippen LogP contribution in [0.1, 0.15) is 44.9 Å². The minimum absolute atomic E-state index is 0.559. The standard InChI is InChI=1S/C15H26N2/c1-5-12(3)10-14(16-6-2)11-15-13(4)8-7-9-17-15/h7-9,12,14,16H,5-6,10-11H2,1-4H3. The van der Waals surface area contributed by atoms with Gasteiger partial charge in [0.1, 0.15) is 0 Å². The Labute approximate surface area is 106 Å². The molecule has 0 aliphatic heterocycles. The van der Waals surface area contributed by atoms with Gasteiger partial charge < -0.3 is 5.32 Å². The summed E-state index contributed by atoms with van der Waals surface area (Å²) in [7, 11) is 0. The van der Waals surface area contributed by atoms with Gasteiger partial charge in [0.25, 0.3) is 0 Å². The van der Waals surface area contributed by atoms with E-state index < -0.39 is 0 Å². The molecule has 2 heteroatoms. The summed E-state index contributed by atoms with van der Waals surface area (Å²) in [5, 5.41) is 3.58. The molecule has 0 saturated carbocycles. The van der Waals surface area contributed by atoms with Gasteiger partial charge in [-0.1, -0.05) is 33.3 Å². The van der Waals surface area contributed by atoms with Crippen LogP contribution in [0.25, 0.3) is 0 Å². The van der Waals surface area contributed by atoms with Gasteiger partial charge in [-0.2, -0.15) is 0 Å². The molecule has 0 amide bonds. The van der Waals surface area contributed by atoms with Crippen molar-refractivity contribution < 1.29 is 0 Å². The van der Waals surface area contributed by atoms with Gasteiger partial charge in [0, 0.05) is 24.4 Å². The number of likely N-dealkylation sites (N-methyl/N-ethyl adjacent to an activating group) is 1. The highest BCUT2D eigenvalue weighted by Crippen LogP contribution is 2.14. The third kappa shape index (κ3) is 4.86. The lowest BCUT2D eigenvalue weighted by molar-refractivity contribution is 0.395. The molecule has 0 fully saturated rings. The van der Waals surface area contributed by atoms with Crippen LogP contribution in [0, 0.1) is 12.8 Å². The zero-order valence-electron chi connectivity index (χ0n) is 11.7. The summed E-state index contributed by atoms with van der Waals surface area (Å²) in [6.45, 7) is 9.95. The lowest BCUT2D eigenvalue weighted by Crippen LogP contribution is -2.33. The molecule has 0 radical (unpaired) electrons. The van der Waals surface area contributed by atoms with Crippen LogP contribution in [0.5, 0.6) is 0 Å². The van der Waals surface area contributed by atoms with Crippen molar-refractivity contribution in [2.75, 3.05) is 6.54 Å². The van der Waals surface area contributed by atoms with Crippen molar-refractivity contribution in [1.82, 2.24) is 10.3 Å². The number of nitrogens with zero attached hydrogens (tertiary/aromatic N) is 1. The Morgan fingerprint density at radius 2 is 2.12 bits per heavy atom. The van der Waals surface area contributed by atoms with Gasteiger partial charge in [-0.05, 0) is 37.4 Å². The summed E-state index contributed by atoms with van der Waals surface area (Å²) in [6, 6.07) is 4.72. The van der Waals surface area contributed by atoms with E-state index in [1.165, 1.54) is 24.1 Å². The second-order valence-electron chi connectivity index (χ2n) is 4.97. The van der Waals surface area contributed by atoms with Gasteiger partial charge in [-0.3, -0.25) is 4.98 Å². The first kappa shape index (κ1) is 14.2. The Morgan fingerprint density at radius 3 is 2.71 bits per heavy atom. The second-order valence-corrected chi connectivity index (χ2v) is 4.97. The SMILES string of the molecule is CCNC(Cc1ncccc1C)CC(C)CC. The second kappa shape index (κ2) is 7.44. The van der Waals surface area contributed by atoms with Crippen LogP contribution in [-0.2, 0) is 6.42 Å². The van der Waals surface area contributed by atoms with E-state index in [0.29, 0.717) is 6.04 Å². The Balaban J connectivity index is 2.63. The maximum absolute atomic E-state index is 4.49. The van der Waals surface area contributed by atoms with E-state index in [0.717, 1.165) is 18.9 Å². The Hall–Kier alpha value is -0.890. The van der Waals surface area contributed by atoms with Crippen molar-refractivity contribution in [3.8, 4) is 0 Å². The topological polar surface area (TPSA) is 24.9 Å². The van der Waals surface area contributed by atoms with Gasteiger partial charge >= 0.3 is 0 Å². The average Bonchev–Trinajstić information content (AvgIpc) is 2.32. The lowest BCUT2D eigenvalue weighted by Gasteiger charge is -2.21. The molecule has 1 aromatic rings. The maximum Gasteiger partial charge on any atom is 0.0448 e. The molecule has 0 spiro atoms. The van der Waals surface area contributed by atoms with E-state index in [2.05, 4.69) is 44.1 Å². The fraction of sp³-hybridized carbons (Fsp3) is 0.667. The molecular formula is C15H26N2. The zero-order valence-corrected chi connectivity index (χ0v) is 11.7. The van der Waals surface area contributed by atoms with Crippen LogP contribution in [0.2, 0.25) is 0 Å². The molecule has 0 aliphatic rings. The molecule has 2 nitrogen and oxygen atoms in total. The number of pyridine rings is 1. The summed E-state index contributed by atoms with van der Waals surface area (Å²) in [6.07, 6.45) is 5.43. The smallest absolute Gasteiger partial charge is 0.0448 e. The van der Waals surface area contributed by atoms with E-state index >= 15 is 0 Å². The highest BCUT2D eigenvalue weighted by Gasteiger charge is 2.13. The Kier molecular flexibility index (Phi) is 6.20. The third-order valence-electron chi connectivity index (χ3n) is 3.43. The van der Waals surface area contributed by atoms with Crippen LogP contribution in [0.15, 0.2) is 18.3 Å². The van der Waals surface area contributed by atoms with Gasteiger partial charge in [-0.25, -0.2) is 0 Å². The summed E-state index contributed by atoms with van der Waals surface area (Å²) in [4.78, 5) is 4.49. The predicted molar refractivity (Wildman–Crippen MR) is 74.2 cm³/mol. The normalized spacial score (nSPS) is 14.6. The fourth-order valence-electron chi connectivity index (χ4n) is 2.15. The first-order valence-electron chi connectivity index (χ1n) is 6.81. The van der Waals surface area contributed by atoms with E-state index in [4.69, 9.17) is 0 Å². The summed E-state index contributed by atoms with van der Waals surface area (Å²) in [5.41, 5.74) is 2.54. The molecule has 2 atom stereocenters. The molecule has 2 unspecified atom stereocenters. The lowest BCUT2D eigenvalue weighted by atomic mass is 9.95. The van der Waals surface area contributed by atoms with E-state index in [1.54, 1.807) is 0 Å². The molecule has 1 aromatic heterocycles. The Morgan fingerprint density at radius 1 is 1.35 bits per heavy atom. The van der Waals surface area contributed by atoms with Crippen LogP contribution in [-0.4, -0.2) is 17.6 Å². The van der Waals surface area contributed by atoms with E-state index in [-0.39, 0.29) is 0 Å². The minimum atomic E-state index is 0.559. The van der Waals surface area contributed by atoms with Crippen LogP contribution < -0.4 is 5.32 Å². The van der Waals surface area contributed by atoms with Crippen molar-refractivity contribution in [3.05, 3.63) is 29.6 Å². The number of aryl methyl sites for hydroxylation is 1. The quantitative estimate of drug-likeness (QED) is 0.782. The monoisotopic (exact) mass is 234 g/mol. The first-order chi connectivity index (χ1) is 8.17. The average molecular weight is 234 g/mol. The molecular weight excluding hydrogens is 208 g/mol. The zero-order chi connectivity index (χ0) is 12.7. The minimum Gasteiger partial charge on any atom is -0.314 e. The molecule has 96 valence electrons. The van der Waals surface area contributed by atoms with Crippen molar-refractivity contribution in [1.29, 1.82) is 0 Å². The van der Waals surface area contributed by atoms with Crippen LogP contribution in [0.3, 0.4) is 0 Å². The number of aromatic nitrogens is 1. The van der Waals surface area contributed by atoms with E-state index in [1.807, 2.05) is 12.3 Å². The molecule has 17 heavy (non-hydrogen) atoms. The highest BCUT2D eigenvalue weighted by molar-refractivity contribution is 5.18. The van der Waals surface area contributed by atoms with Crippen molar-refractivity contribution in [2.24, 2.45) is 5.92 Å². The fourth-order valence-corrected chi connectivity index (χ4v) is 2.15. The number of hydrogen-bond acceptors (Lipinski definition) is 2. The molecule has 1 N–H and O–H groups in total. The van der Waals surface area contributed by atoms with Crippen LogP contribution in [0.4, 0.5) is 0 Å². The molecule has 1 rings (SSSR count). The molecule has 0 bridgehead atoms. The van der Waals surface area contributed by atoms with Crippen molar-refractivity contribution in [2.45, 2.75) is 53.0 Å². The predicted octanol–water partition coefficient (Wildman–Crippen LogP) is 3.35. The Bertz CT molecular complexity index is 322. The van der Waals surface area contributed by atoms with Gasteiger partial charge in [-0.15, -0.1) is 0 Å². The van der Waals surface area contributed by atoms with Crippen molar-refractivity contribution >= 4 is 0 Å². The third-order valence-corrected chi connectivity index (χ3v) is 3.43. The maximum atomic E-state index is 4.49. The van der Waals surface area contributed by atoms with Crippen molar-refractivity contribution in [3.63, 3.8) is 0 Å². The van der Waals surface area contributed by atoms with Gasteiger partial charge in [0.05, 0.1) is 0 Å². The van der Waals surface area contributed by atoms with Gasteiger partial charge in [0.15, 0.2) is 0 Å². The van der Waals surface area contributed by atoms with Gasteiger partial charge in [0.2, 0.25) is 0 Å². The summed E-state index contributed by atoms with van der Waals surface area (Å²) >= 11 is 0. The molecule has 0 aliphatic carbocycles. The number of nitrogens with one attached hydrogen (secondary N) is 1. The molecule has 0 saturated heterocycles. The summed E-state index contributed by atoms with van der Waals surface area (Å²) < 4.78 is 0. The summed E-state index contributed by atoms with van der Waals surface area (Å²) in [5.74, 6) is 0.781. The molecule has 1 heterocycles. The number of hydrogen-bond donors (Lipinski definition) is 1. The molecule has 0 aromatic carbocycles. The first-order valence-corrected chi connectivity index (χ1v) is 6.81. The largest absolute Gasteiger partial charge is 0.314 e. The number of rotatable bonds is 7. The van der Waals surface area contributed by atoms with Crippen LogP contribution >= 0.6 is 0 Å². The highest BCUT2D eigenvalue weighted by atomic mass is 14.9.